The predicted molar refractivity (Wildman–Crippen MR) is 134 cm³/mol. The molecule has 1 N–H and O–H groups in total. The van der Waals surface area contributed by atoms with Gasteiger partial charge in [-0.25, -0.2) is 4.90 Å². The van der Waals surface area contributed by atoms with Crippen molar-refractivity contribution in [3.05, 3.63) is 89.6 Å². The molecule has 0 saturated heterocycles. The Bertz CT molecular complexity index is 1200. The number of aryl methyl sites for hydroxylation is 1. The minimum Gasteiger partial charge on any atom is -0.497 e. The van der Waals surface area contributed by atoms with Gasteiger partial charge in [-0.2, -0.15) is 0 Å². The molecule has 174 valence electrons. The van der Waals surface area contributed by atoms with E-state index in [4.69, 9.17) is 9.47 Å². The number of hydrogen-bond acceptors (Lipinski definition) is 5. The third-order valence-electron chi connectivity index (χ3n) is 5.84. The Labute approximate surface area is 199 Å². The first-order valence-corrected chi connectivity index (χ1v) is 11.3. The SMILES string of the molecule is CCCCc1ccc(N2C(=O)C(Nc3ccc(OC)cc3)=C(c3ccc(OC)cc3)C2=O)cc1. The predicted octanol–water partition coefficient (Wildman–Crippen LogP) is 5.44. The lowest BCUT2D eigenvalue weighted by Gasteiger charge is -2.16. The van der Waals surface area contributed by atoms with Crippen molar-refractivity contribution in [3.8, 4) is 11.5 Å². The summed E-state index contributed by atoms with van der Waals surface area (Å²) in [5, 5.41) is 3.17. The number of carbonyl (C=O) groups is 2. The number of carbonyl (C=O) groups excluding carboxylic acids is 2. The molecule has 0 spiro atoms. The minimum atomic E-state index is -0.395. The van der Waals surface area contributed by atoms with Gasteiger partial charge in [0.25, 0.3) is 11.8 Å². The smallest absolute Gasteiger partial charge is 0.282 e. The molecule has 3 aromatic carbocycles. The van der Waals surface area contributed by atoms with Crippen LogP contribution < -0.4 is 19.7 Å². The van der Waals surface area contributed by atoms with Crippen LogP contribution in [-0.4, -0.2) is 26.0 Å². The van der Waals surface area contributed by atoms with Crippen LogP contribution in [0, 0.1) is 0 Å². The van der Waals surface area contributed by atoms with Gasteiger partial charge in [0, 0.05) is 5.69 Å². The van der Waals surface area contributed by atoms with Crippen molar-refractivity contribution in [1.82, 2.24) is 0 Å². The van der Waals surface area contributed by atoms with E-state index >= 15 is 0 Å². The molecule has 2 amide bonds. The number of hydrogen-bond donors (Lipinski definition) is 1. The van der Waals surface area contributed by atoms with Gasteiger partial charge >= 0.3 is 0 Å². The summed E-state index contributed by atoms with van der Waals surface area (Å²) in [7, 11) is 3.18. The van der Waals surface area contributed by atoms with Crippen molar-refractivity contribution < 1.29 is 19.1 Å². The number of rotatable bonds is 9. The Morgan fingerprint density at radius 2 is 1.35 bits per heavy atom. The minimum absolute atomic E-state index is 0.232. The summed E-state index contributed by atoms with van der Waals surface area (Å²) in [6.07, 6.45) is 3.18. The second kappa shape index (κ2) is 10.3. The average Bonchev–Trinajstić information content (AvgIpc) is 3.12. The molecule has 3 aromatic rings. The molecule has 1 heterocycles. The van der Waals surface area contributed by atoms with E-state index in [1.54, 1.807) is 62.8 Å². The zero-order valence-electron chi connectivity index (χ0n) is 19.6. The number of anilines is 2. The zero-order valence-corrected chi connectivity index (χ0v) is 19.6. The van der Waals surface area contributed by atoms with E-state index in [0.717, 1.165) is 19.3 Å². The maximum atomic E-state index is 13.6. The van der Waals surface area contributed by atoms with E-state index in [-0.39, 0.29) is 11.6 Å². The van der Waals surface area contributed by atoms with Gasteiger partial charge in [0.15, 0.2) is 0 Å². The molecular formula is C28H28N2O4. The molecule has 0 bridgehead atoms. The Morgan fingerprint density at radius 3 is 1.91 bits per heavy atom. The second-order valence-electron chi connectivity index (χ2n) is 8.05. The first-order chi connectivity index (χ1) is 16.5. The van der Waals surface area contributed by atoms with Crippen LogP contribution in [-0.2, 0) is 16.0 Å². The molecule has 0 unspecified atom stereocenters. The number of benzene rings is 3. The van der Waals surface area contributed by atoms with E-state index in [9.17, 15) is 9.59 Å². The lowest BCUT2D eigenvalue weighted by molar-refractivity contribution is -0.120. The number of methoxy groups -OCH3 is 2. The molecule has 34 heavy (non-hydrogen) atoms. The molecule has 0 aliphatic carbocycles. The third-order valence-corrected chi connectivity index (χ3v) is 5.84. The summed E-state index contributed by atoms with van der Waals surface area (Å²) in [6, 6.07) is 22.0. The van der Waals surface area contributed by atoms with Gasteiger partial charge in [-0.3, -0.25) is 9.59 Å². The summed E-state index contributed by atoms with van der Waals surface area (Å²) >= 11 is 0. The van der Waals surface area contributed by atoms with E-state index in [2.05, 4.69) is 12.2 Å². The van der Waals surface area contributed by atoms with Crippen LogP contribution in [0.4, 0.5) is 11.4 Å². The lowest BCUT2D eigenvalue weighted by Crippen LogP contribution is -2.32. The maximum absolute atomic E-state index is 13.6. The second-order valence-corrected chi connectivity index (χ2v) is 8.05. The van der Waals surface area contributed by atoms with E-state index in [1.165, 1.54) is 10.5 Å². The number of nitrogens with one attached hydrogen (secondary N) is 1. The first kappa shape index (κ1) is 23.1. The third kappa shape index (κ3) is 4.66. The number of ether oxygens (including phenoxy) is 2. The molecule has 4 rings (SSSR count). The van der Waals surface area contributed by atoms with Crippen LogP contribution >= 0.6 is 0 Å². The van der Waals surface area contributed by atoms with Crippen LogP contribution in [0.2, 0.25) is 0 Å². The van der Waals surface area contributed by atoms with Crippen LogP contribution in [0.3, 0.4) is 0 Å². The standard InChI is InChI=1S/C28H28N2O4/c1-4-5-6-19-7-13-22(14-8-19)30-27(31)25(20-9-15-23(33-2)16-10-20)26(28(30)32)29-21-11-17-24(34-3)18-12-21/h7-18,29H,4-6H2,1-3H3. The molecular weight excluding hydrogens is 428 g/mol. The van der Waals surface area contributed by atoms with Crippen LogP contribution in [0.15, 0.2) is 78.5 Å². The Kier molecular flexibility index (Phi) is 6.97. The highest BCUT2D eigenvalue weighted by atomic mass is 16.5. The Morgan fingerprint density at radius 1 is 0.765 bits per heavy atom. The van der Waals surface area contributed by atoms with Crippen molar-refractivity contribution >= 4 is 28.8 Å². The van der Waals surface area contributed by atoms with Crippen molar-refractivity contribution in [3.63, 3.8) is 0 Å². The molecule has 1 aliphatic rings. The van der Waals surface area contributed by atoms with Gasteiger partial charge in [-0.15, -0.1) is 0 Å². The fourth-order valence-corrected chi connectivity index (χ4v) is 3.92. The van der Waals surface area contributed by atoms with Crippen LogP contribution in [0.25, 0.3) is 5.57 Å². The maximum Gasteiger partial charge on any atom is 0.282 e. The summed E-state index contributed by atoms with van der Waals surface area (Å²) < 4.78 is 10.5. The number of unbranched alkanes of at least 4 members (excludes halogenated alkanes) is 1. The fourth-order valence-electron chi connectivity index (χ4n) is 3.92. The Hall–Kier alpha value is -4.06. The lowest BCUT2D eigenvalue weighted by atomic mass is 10.0. The highest BCUT2D eigenvalue weighted by molar-refractivity contribution is 6.46. The first-order valence-electron chi connectivity index (χ1n) is 11.3. The number of amides is 2. The molecule has 0 saturated carbocycles. The van der Waals surface area contributed by atoms with Crippen molar-refractivity contribution in [2.24, 2.45) is 0 Å². The Balaban J connectivity index is 1.71. The summed E-state index contributed by atoms with van der Waals surface area (Å²) in [6.45, 7) is 2.15. The number of nitrogens with zero attached hydrogens (tertiary/aromatic N) is 1. The van der Waals surface area contributed by atoms with E-state index < -0.39 is 5.91 Å². The molecule has 6 heteroatoms. The van der Waals surface area contributed by atoms with E-state index in [1.807, 2.05) is 24.3 Å². The average molecular weight is 457 g/mol. The quantitative estimate of drug-likeness (QED) is 0.434. The van der Waals surface area contributed by atoms with Crippen molar-refractivity contribution in [2.75, 3.05) is 24.4 Å². The van der Waals surface area contributed by atoms with Gasteiger partial charge in [-0.1, -0.05) is 37.6 Å². The molecule has 0 atom stereocenters. The fraction of sp³-hybridized carbons (Fsp3) is 0.214. The van der Waals surface area contributed by atoms with Gasteiger partial charge < -0.3 is 14.8 Å². The highest BCUT2D eigenvalue weighted by Crippen LogP contribution is 2.34. The van der Waals surface area contributed by atoms with Gasteiger partial charge in [0.2, 0.25) is 0 Å². The van der Waals surface area contributed by atoms with Crippen LogP contribution in [0.1, 0.15) is 30.9 Å². The normalized spacial score (nSPS) is 13.4. The van der Waals surface area contributed by atoms with Crippen molar-refractivity contribution in [2.45, 2.75) is 26.2 Å². The molecule has 0 radical (unpaired) electrons. The monoisotopic (exact) mass is 456 g/mol. The van der Waals surface area contributed by atoms with Crippen LogP contribution in [0.5, 0.6) is 11.5 Å². The molecule has 6 nitrogen and oxygen atoms in total. The zero-order chi connectivity index (χ0) is 24.1. The van der Waals surface area contributed by atoms with Gasteiger partial charge in [0.1, 0.15) is 17.2 Å². The summed E-state index contributed by atoms with van der Waals surface area (Å²) in [5.41, 5.74) is 3.60. The molecule has 0 fully saturated rings. The summed E-state index contributed by atoms with van der Waals surface area (Å²) in [5.74, 6) is 0.610. The number of imide groups is 1. The molecule has 0 aromatic heterocycles. The topological polar surface area (TPSA) is 67.9 Å². The van der Waals surface area contributed by atoms with Gasteiger partial charge in [0.05, 0.1) is 25.5 Å². The highest BCUT2D eigenvalue weighted by Gasteiger charge is 2.40. The summed E-state index contributed by atoms with van der Waals surface area (Å²) in [4.78, 5) is 28.4. The molecule has 1 aliphatic heterocycles. The largest absolute Gasteiger partial charge is 0.497 e. The van der Waals surface area contributed by atoms with E-state index in [0.29, 0.717) is 34.0 Å². The van der Waals surface area contributed by atoms with Gasteiger partial charge in [-0.05, 0) is 72.5 Å². The van der Waals surface area contributed by atoms with Crippen molar-refractivity contribution in [1.29, 1.82) is 0 Å².